The maximum absolute atomic E-state index is 13.3. The van der Waals surface area contributed by atoms with Gasteiger partial charge >= 0.3 is 6.18 Å². The molecule has 0 radical (unpaired) electrons. The molecule has 0 fully saturated rings. The van der Waals surface area contributed by atoms with Gasteiger partial charge in [0, 0.05) is 17.5 Å². The van der Waals surface area contributed by atoms with Gasteiger partial charge in [-0.3, -0.25) is 0 Å². The molecule has 0 saturated heterocycles. The predicted octanol–water partition coefficient (Wildman–Crippen LogP) is 4.51. The van der Waals surface area contributed by atoms with Crippen molar-refractivity contribution in [3.05, 3.63) is 46.6 Å². The summed E-state index contributed by atoms with van der Waals surface area (Å²) in [6.07, 6.45) is -4.43. The van der Waals surface area contributed by atoms with Crippen LogP contribution in [-0.4, -0.2) is 16.0 Å². The molecule has 0 saturated carbocycles. The lowest BCUT2D eigenvalue weighted by Crippen LogP contribution is -2.35. The largest absolute Gasteiger partial charge is 0.410 e. The molecule has 2 heterocycles. The molecule has 0 bridgehead atoms. The highest BCUT2D eigenvalue weighted by molar-refractivity contribution is 6.30. The molecule has 1 aliphatic rings. The van der Waals surface area contributed by atoms with E-state index in [0.29, 0.717) is 16.5 Å². The van der Waals surface area contributed by atoms with Crippen molar-refractivity contribution in [2.45, 2.75) is 31.6 Å². The third-order valence-electron chi connectivity index (χ3n) is 3.58. The summed E-state index contributed by atoms with van der Waals surface area (Å²) in [5.74, 6) is 0.390. The molecule has 1 aliphatic heterocycles. The monoisotopic (exact) mass is 315 g/mol. The number of rotatable bonds is 1. The molecule has 0 aliphatic carbocycles. The summed E-state index contributed by atoms with van der Waals surface area (Å²) in [5.41, 5.74) is 1.34. The minimum Gasteiger partial charge on any atom is -0.363 e. The van der Waals surface area contributed by atoms with Crippen LogP contribution < -0.4 is 5.32 Å². The normalized spacial score (nSPS) is 21.8. The number of aryl methyl sites for hydroxylation is 1. The second-order valence-electron chi connectivity index (χ2n) is 5.16. The highest BCUT2D eigenvalue weighted by atomic mass is 35.5. The highest BCUT2D eigenvalue weighted by Crippen LogP contribution is 2.43. The van der Waals surface area contributed by atoms with Gasteiger partial charge in [0.25, 0.3) is 0 Å². The quantitative estimate of drug-likeness (QED) is 0.839. The second-order valence-corrected chi connectivity index (χ2v) is 5.59. The molecule has 1 aromatic carbocycles. The maximum atomic E-state index is 13.3. The van der Waals surface area contributed by atoms with Crippen LogP contribution in [0.4, 0.5) is 19.0 Å². The van der Waals surface area contributed by atoms with Crippen molar-refractivity contribution in [1.82, 2.24) is 9.78 Å². The average molecular weight is 316 g/mol. The number of hydrogen-bond acceptors (Lipinski definition) is 2. The second kappa shape index (κ2) is 4.94. The van der Waals surface area contributed by atoms with Gasteiger partial charge in [-0.2, -0.15) is 18.3 Å². The zero-order valence-corrected chi connectivity index (χ0v) is 11.9. The standard InChI is InChI=1S/C14H13ClF3N3/c1-8-6-13-19-11(9-2-4-10(15)5-3-9)7-12(14(16,17)18)21(13)20-8/h2-6,11-12,19H,7H2,1H3/t11-,12-/m0/s1. The molecule has 7 heteroatoms. The van der Waals surface area contributed by atoms with Crippen LogP contribution in [-0.2, 0) is 0 Å². The summed E-state index contributed by atoms with van der Waals surface area (Å²) in [7, 11) is 0. The van der Waals surface area contributed by atoms with Crippen molar-refractivity contribution in [3.8, 4) is 0 Å². The summed E-state index contributed by atoms with van der Waals surface area (Å²) >= 11 is 5.82. The van der Waals surface area contributed by atoms with E-state index in [2.05, 4.69) is 10.4 Å². The summed E-state index contributed by atoms with van der Waals surface area (Å²) in [6, 6.07) is 6.43. The Hall–Kier alpha value is -1.69. The van der Waals surface area contributed by atoms with E-state index in [9.17, 15) is 13.2 Å². The Morgan fingerprint density at radius 3 is 2.57 bits per heavy atom. The SMILES string of the molecule is Cc1cc2n(n1)[C@H](C(F)(F)F)C[C@@H](c1ccc(Cl)cc1)N2. The minimum absolute atomic E-state index is 0.0980. The van der Waals surface area contributed by atoms with E-state index >= 15 is 0 Å². The van der Waals surface area contributed by atoms with Crippen LogP contribution in [0.25, 0.3) is 0 Å². The van der Waals surface area contributed by atoms with Gasteiger partial charge in [-0.05, 0) is 24.6 Å². The number of halogens is 4. The van der Waals surface area contributed by atoms with Crippen LogP contribution in [0.15, 0.2) is 30.3 Å². The fourth-order valence-electron chi connectivity index (χ4n) is 2.61. The van der Waals surface area contributed by atoms with Gasteiger partial charge < -0.3 is 5.32 Å². The molecule has 21 heavy (non-hydrogen) atoms. The molecule has 3 rings (SSSR count). The van der Waals surface area contributed by atoms with E-state index in [1.54, 1.807) is 37.3 Å². The third kappa shape index (κ3) is 2.72. The minimum atomic E-state index is -4.33. The van der Waals surface area contributed by atoms with E-state index < -0.39 is 18.3 Å². The number of nitrogens with one attached hydrogen (secondary N) is 1. The van der Waals surface area contributed by atoms with Gasteiger partial charge in [-0.1, -0.05) is 23.7 Å². The van der Waals surface area contributed by atoms with Gasteiger partial charge in [0.15, 0.2) is 6.04 Å². The van der Waals surface area contributed by atoms with Gasteiger partial charge in [-0.25, -0.2) is 4.68 Å². The molecule has 2 atom stereocenters. The first-order valence-corrected chi connectivity index (χ1v) is 6.87. The first kappa shape index (κ1) is 14.3. The molecule has 2 aromatic rings. The van der Waals surface area contributed by atoms with Crippen LogP contribution in [0.3, 0.4) is 0 Å². The lowest BCUT2D eigenvalue weighted by molar-refractivity contribution is -0.173. The number of aromatic nitrogens is 2. The average Bonchev–Trinajstić information content (AvgIpc) is 2.77. The lowest BCUT2D eigenvalue weighted by Gasteiger charge is -2.33. The van der Waals surface area contributed by atoms with Crippen LogP contribution in [0.2, 0.25) is 5.02 Å². The zero-order chi connectivity index (χ0) is 15.2. The number of benzene rings is 1. The number of fused-ring (bicyclic) bond motifs is 1. The number of nitrogens with zero attached hydrogens (tertiary/aromatic N) is 2. The molecule has 0 amide bonds. The van der Waals surface area contributed by atoms with Crippen molar-refractivity contribution < 1.29 is 13.2 Å². The van der Waals surface area contributed by atoms with E-state index in [-0.39, 0.29) is 6.42 Å². The molecule has 3 nitrogen and oxygen atoms in total. The zero-order valence-electron chi connectivity index (χ0n) is 11.2. The Bertz CT molecular complexity index is 648. The summed E-state index contributed by atoms with van der Waals surface area (Å²) in [6.45, 7) is 1.68. The van der Waals surface area contributed by atoms with E-state index in [4.69, 9.17) is 11.6 Å². The molecule has 0 spiro atoms. The Morgan fingerprint density at radius 2 is 1.95 bits per heavy atom. The van der Waals surface area contributed by atoms with Gasteiger partial charge in [0.2, 0.25) is 0 Å². The van der Waals surface area contributed by atoms with Gasteiger partial charge in [0.1, 0.15) is 5.82 Å². The Kier molecular flexibility index (Phi) is 3.36. The van der Waals surface area contributed by atoms with Crippen molar-refractivity contribution in [2.75, 3.05) is 5.32 Å². The first-order chi connectivity index (χ1) is 9.84. The Balaban J connectivity index is 1.98. The predicted molar refractivity (Wildman–Crippen MR) is 74.5 cm³/mol. The van der Waals surface area contributed by atoms with Crippen LogP contribution in [0.1, 0.15) is 29.8 Å². The molecular weight excluding hydrogens is 303 g/mol. The van der Waals surface area contributed by atoms with Gasteiger partial charge in [0.05, 0.1) is 11.7 Å². The van der Waals surface area contributed by atoms with E-state index in [0.717, 1.165) is 10.2 Å². The topological polar surface area (TPSA) is 29.9 Å². The molecular formula is C14H13ClF3N3. The molecule has 112 valence electrons. The fourth-order valence-corrected chi connectivity index (χ4v) is 2.74. The smallest absolute Gasteiger partial charge is 0.363 e. The van der Waals surface area contributed by atoms with Crippen molar-refractivity contribution in [1.29, 1.82) is 0 Å². The van der Waals surface area contributed by atoms with Crippen molar-refractivity contribution in [2.24, 2.45) is 0 Å². The van der Waals surface area contributed by atoms with Crippen LogP contribution in [0, 0.1) is 6.92 Å². The molecule has 1 N–H and O–H groups in total. The maximum Gasteiger partial charge on any atom is 0.410 e. The highest BCUT2D eigenvalue weighted by Gasteiger charge is 2.46. The van der Waals surface area contributed by atoms with Crippen LogP contribution in [0.5, 0.6) is 0 Å². The van der Waals surface area contributed by atoms with Gasteiger partial charge in [-0.15, -0.1) is 0 Å². The van der Waals surface area contributed by atoms with Crippen molar-refractivity contribution in [3.63, 3.8) is 0 Å². The number of alkyl halides is 3. The van der Waals surface area contributed by atoms with E-state index in [1.807, 2.05) is 0 Å². The summed E-state index contributed by atoms with van der Waals surface area (Å²) in [4.78, 5) is 0. The number of anilines is 1. The van der Waals surface area contributed by atoms with Crippen molar-refractivity contribution >= 4 is 17.4 Å². The lowest BCUT2D eigenvalue weighted by atomic mass is 9.97. The van der Waals surface area contributed by atoms with E-state index in [1.165, 1.54) is 0 Å². The molecule has 0 unspecified atom stereocenters. The fraction of sp³-hybridized carbons (Fsp3) is 0.357. The number of hydrogen-bond donors (Lipinski definition) is 1. The summed E-state index contributed by atoms with van der Waals surface area (Å²) < 4.78 is 40.8. The van der Waals surface area contributed by atoms with Crippen LogP contribution >= 0.6 is 11.6 Å². The Labute approximate surface area is 124 Å². The third-order valence-corrected chi connectivity index (χ3v) is 3.84. The summed E-state index contributed by atoms with van der Waals surface area (Å²) in [5, 5.41) is 7.63. The first-order valence-electron chi connectivity index (χ1n) is 6.49. The molecule has 1 aromatic heterocycles. The Morgan fingerprint density at radius 1 is 1.29 bits per heavy atom.